The van der Waals surface area contributed by atoms with E-state index in [1.165, 1.54) is 32.4 Å². The van der Waals surface area contributed by atoms with Crippen LogP contribution in [0.2, 0.25) is 0 Å². The number of carboxylic acids is 1. The number of carbonyl (C=O) groups is 4. The number of rotatable bonds is 14. The van der Waals surface area contributed by atoms with Crippen LogP contribution in [0.25, 0.3) is 0 Å². The third-order valence-corrected chi connectivity index (χ3v) is 6.56. The van der Waals surface area contributed by atoms with Crippen molar-refractivity contribution in [3.05, 3.63) is 83.7 Å². The first kappa shape index (κ1) is 33.4. The summed E-state index contributed by atoms with van der Waals surface area (Å²) in [6.45, 7) is 3.81. The van der Waals surface area contributed by atoms with E-state index in [9.17, 15) is 28.7 Å². The van der Waals surface area contributed by atoms with Gasteiger partial charge in [-0.05, 0) is 59.9 Å². The fraction of sp³-hybridized carbons (Fsp3) is 0.312. The number of benzene rings is 3. The van der Waals surface area contributed by atoms with Crippen molar-refractivity contribution in [2.45, 2.75) is 45.2 Å². The topological polar surface area (TPSA) is 155 Å². The minimum absolute atomic E-state index is 0.0382. The quantitative estimate of drug-likeness (QED) is 0.175. The van der Waals surface area contributed by atoms with Gasteiger partial charge in [-0.2, -0.15) is 0 Å². The molecule has 0 spiro atoms. The number of urea groups is 1. The number of amides is 4. The molecule has 0 unspecified atom stereocenters. The zero-order chi connectivity index (χ0) is 32.2. The van der Waals surface area contributed by atoms with Crippen molar-refractivity contribution in [1.29, 1.82) is 0 Å². The lowest BCUT2D eigenvalue weighted by Gasteiger charge is -2.24. The summed E-state index contributed by atoms with van der Waals surface area (Å²) in [6, 6.07) is 14.7. The smallest absolute Gasteiger partial charge is 0.323 e. The fourth-order valence-corrected chi connectivity index (χ4v) is 4.46. The second kappa shape index (κ2) is 15.9. The van der Waals surface area contributed by atoms with Gasteiger partial charge in [0, 0.05) is 5.69 Å². The van der Waals surface area contributed by atoms with Crippen LogP contribution in [0.4, 0.5) is 20.6 Å². The Balaban J connectivity index is 1.64. The van der Waals surface area contributed by atoms with Crippen molar-refractivity contribution >= 4 is 35.2 Å². The van der Waals surface area contributed by atoms with Gasteiger partial charge in [0.05, 0.1) is 38.8 Å². The fourth-order valence-electron chi connectivity index (χ4n) is 4.46. The zero-order valence-electron chi connectivity index (χ0n) is 25.0. The van der Waals surface area contributed by atoms with E-state index < -0.39 is 41.7 Å². The van der Waals surface area contributed by atoms with Crippen LogP contribution in [0, 0.1) is 11.7 Å². The molecular weight excluding hydrogens is 571 g/mol. The van der Waals surface area contributed by atoms with Crippen LogP contribution in [-0.4, -0.2) is 49.2 Å². The molecular formula is C32H37FN4O7. The van der Waals surface area contributed by atoms with Crippen LogP contribution < -0.4 is 30.7 Å². The van der Waals surface area contributed by atoms with Crippen LogP contribution >= 0.6 is 0 Å². The summed E-state index contributed by atoms with van der Waals surface area (Å²) in [7, 11) is 2.93. The molecule has 0 fully saturated rings. The number of para-hydroxylation sites is 1. The van der Waals surface area contributed by atoms with Crippen LogP contribution in [0.5, 0.6) is 11.5 Å². The molecule has 3 aromatic carbocycles. The number of hydrogen-bond donors (Lipinski definition) is 5. The summed E-state index contributed by atoms with van der Waals surface area (Å²) in [5, 5.41) is 20.1. The van der Waals surface area contributed by atoms with Crippen molar-refractivity contribution in [3.8, 4) is 11.5 Å². The van der Waals surface area contributed by atoms with Crippen molar-refractivity contribution in [2.75, 3.05) is 24.9 Å². The molecule has 0 saturated heterocycles. The first-order valence-electron chi connectivity index (χ1n) is 13.9. The maximum Gasteiger partial charge on any atom is 0.323 e. The zero-order valence-corrected chi connectivity index (χ0v) is 25.0. The van der Waals surface area contributed by atoms with Crippen molar-refractivity contribution in [1.82, 2.24) is 10.6 Å². The molecule has 12 heteroatoms. The average molecular weight is 609 g/mol. The third kappa shape index (κ3) is 10.0. The van der Waals surface area contributed by atoms with Gasteiger partial charge < -0.3 is 35.8 Å². The second-order valence-electron chi connectivity index (χ2n) is 10.5. The molecule has 44 heavy (non-hydrogen) atoms. The minimum Gasteiger partial charge on any atom is -0.493 e. The molecule has 0 aromatic heterocycles. The average Bonchev–Trinajstić information content (AvgIpc) is 2.97. The Morgan fingerprint density at radius 1 is 0.864 bits per heavy atom. The molecule has 4 amide bonds. The van der Waals surface area contributed by atoms with Crippen molar-refractivity contribution < 1.29 is 38.1 Å². The summed E-state index contributed by atoms with van der Waals surface area (Å²) in [5.41, 5.74) is 1.60. The van der Waals surface area contributed by atoms with Gasteiger partial charge in [0.25, 0.3) is 0 Å². The van der Waals surface area contributed by atoms with Gasteiger partial charge in [-0.1, -0.05) is 44.2 Å². The molecule has 0 aliphatic carbocycles. The van der Waals surface area contributed by atoms with E-state index in [0.717, 1.165) is 0 Å². The molecule has 3 rings (SSSR count). The van der Waals surface area contributed by atoms with Crippen LogP contribution in [0.1, 0.15) is 43.9 Å². The third-order valence-electron chi connectivity index (χ3n) is 6.56. The van der Waals surface area contributed by atoms with Gasteiger partial charge in [0.1, 0.15) is 11.9 Å². The lowest BCUT2D eigenvalue weighted by atomic mass is 9.99. The number of halogens is 1. The minimum atomic E-state index is -1.11. The van der Waals surface area contributed by atoms with Crippen LogP contribution in [0.15, 0.2) is 66.7 Å². The Kier molecular flexibility index (Phi) is 12.1. The molecule has 234 valence electrons. The predicted octanol–water partition coefficient (Wildman–Crippen LogP) is 4.89. The Morgan fingerprint density at radius 3 is 2.16 bits per heavy atom. The molecule has 2 atom stereocenters. The number of methoxy groups -OCH3 is 2. The van der Waals surface area contributed by atoms with E-state index in [1.54, 1.807) is 48.5 Å². The van der Waals surface area contributed by atoms with Crippen molar-refractivity contribution in [2.24, 2.45) is 5.92 Å². The number of anilines is 2. The first-order valence-corrected chi connectivity index (χ1v) is 13.9. The van der Waals surface area contributed by atoms with E-state index in [2.05, 4.69) is 21.3 Å². The van der Waals surface area contributed by atoms with Crippen LogP contribution in [-0.2, 0) is 20.8 Å². The van der Waals surface area contributed by atoms with Gasteiger partial charge in [-0.15, -0.1) is 0 Å². The molecule has 0 aliphatic rings. The highest BCUT2D eigenvalue weighted by molar-refractivity contribution is 5.99. The molecule has 3 aromatic rings. The maximum atomic E-state index is 13.8. The van der Waals surface area contributed by atoms with Gasteiger partial charge in [0.15, 0.2) is 11.5 Å². The van der Waals surface area contributed by atoms with Gasteiger partial charge in [-0.25, -0.2) is 9.18 Å². The Morgan fingerprint density at radius 2 is 1.55 bits per heavy atom. The molecule has 0 radical (unpaired) electrons. The highest BCUT2D eigenvalue weighted by atomic mass is 19.1. The number of nitrogens with one attached hydrogen (secondary N) is 4. The molecule has 11 nitrogen and oxygen atoms in total. The Labute approximate surface area is 255 Å². The predicted molar refractivity (Wildman–Crippen MR) is 163 cm³/mol. The highest BCUT2D eigenvalue weighted by Crippen LogP contribution is 2.31. The van der Waals surface area contributed by atoms with Crippen LogP contribution in [0.3, 0.4) is 0 Å². The summed E-state index contributed by atoms with van der Waals surface area (Å²) in [6.07, 6.45) is -0.108. The molecule has 0 bridgehead atoms. The summed E-state index contributed by atoms with van der Waals surface area (Å²) in [4.78, 5) is 50.2. The SMILES string of the molecule is COc1ccc([C@H](CC(=O)O)NC(=O)[C@H](CC(C)C)NC(=O)Cc2ccc(NC(=O)Nc3ccccc3F)cc2)cc1OC. The summed E-state index contributed by atoms with van der Waals surface area (Å²) < 4.78 is 24.3. The normalized spacial score (nSPS) is 12.0. The monoisotopic (exact) mass is 608 g/mol. The second-order valence-corrected chi connectivity index (χ2v) is 10.5. The standard InChI is InChI=1S/C32H37FN4O7/c1-19(2)15-26(31(41)36-25(18-30(39)40)21-11-14-27(43-3)28(17-21)44-4)35-29(38)16-20-9-12-22(13-10-20)34-32(42)37-24-8-6-5-7-23(24)33/h5-14,17,19,25-26H,15-16,18H2,1-4H3,(H,35,38)(H,36,41)(H,39,40)(H2,34,37,42)/t25-,26-/m0/s1. The van der Waals surface area contributed by atoms with Gasteiger partial charge in [-0.3, -0.25) is 14.4 Å². The number of carbonyl (C=O) groups excluding carboxylic acids is 3. The van der Waals surface area contributed by atoms with Crippen molar-refractivity contribution in [3.63, 3.8) is 0 Å². The number of hydrogen-bond acceptors (Lipinski definition) is 6. The molecule has 0 saturated carbocycles. The van der Waals surface area contributed by atoms with E-state index in [0.29, 0.717) is 34.7 Å². The lowest BCUT2D eigenvalue weighted by molar-refractivity contribution is -0.138. The first-order chi connectivity index (χ1) is 21.0. The largest absolute Gasteiger partial charge is 0.493 e. The lowest BCUT2D eigenvalue weighted by Crippen LogP contribution is -2.49. The molecule has 5 N–H and O–H groups in total. The van der Waals surface area contributed by atoms with E-state index in [4.69, 9.17) is 9.47 Å². The van der Waals surface area contributed by atoms with E-state index in [-0.39, 0.29) is 24.4 Å². The number of carboxylic acid groups (broad SMARTS) is 1. The number of ether oxygens (including phenoxy) is 2. The number of aliphatic carboxylic acids is 1. The summed E-state index contributed by atoms with van der Waals surface area (Å²) >= 11 is 0. The Bertz CT molecular complexity index is 1460. The summed E-state index contributed by atoms with van der Waals surface area (Å²) in [5.74, 6) is -1.72. The molecule has 0 heterocycles. The Hall–Kier alpha value is -5.13. The maximum absolute atomic E-state index is 13.8. The van der Waals surface area contributed by atoms with E-state index in [1.807, 2.05) is 13.8 Å². The van der Waals surface area contributed by atoms with Gasteiger partial charge in [0.2, 0.25) is 11.8 Å². The van der Waals surface area contributed by atoms with E-state index >= 15 is 0 Å². The highest BCUT2D eigenvalue weighted by Gasteiger charge is 2.27. The van der Waals surface area contributed by atoms with Gasteiger partial charge >= 0.3 is 12.0 Å². The molecule has 0 aliphatic heterocycles.